The van der Waals surface area contributed by atoms with Gasteiger partial charge in [0.25, 0.3) is 0 Å². The summed E-state index contributed by atoms with van der Waals surface area (Å²) in [6.07, 6.45) is 0.724. The maximum atomic E-state index is 9.99. The van der Waals surface area contributed by atoms with Gasteiger partial charge in [0.05, 0.1) is 17.8 Å². The predicted molar refractivity (Wildman–Crippen MR) is 58.9 cm³/mol. The highest BCUT2D eigenvalue weighted by Gasteiger charge is 2.31. The van der Waals surface area contributed by atoms with Gasteiger partial charge in [-0.2, -0.15) is 0 Å². The lowest BCUT2D eigenvalue weighted by atomic mass is 10.0. The molecule has 4 nitrogen and oxygen atoms in total. The van der Waals surface area contributed by atoms with E-state index in [-0.39, 0.29) is 0 Å². The quantitative estimate of drug-likeness (QED) is 0.796. The van der Waals surface area contributed by atoms with Gasteiger partial charge in [0.1, 0.15) is 5.60 Å². The molecule has 2 N–H and O–H groups in total. The zero-order chi connectivity index (χ0) is 10.7. The molecule has 2 rings (SSSR count). The van der Waals surface area contributed by atoms with Crippen LogP contribution >= 0.6 is 11.3 Å². The lowest BCUT2D eigenvalue weighted by Crippen LogP contribution is -2.40. The summed E-state index contributed by atoms with van der Waals surface area (Å²) < 4.78 is 5.17. The van der Waals surface area contributed by atoms with Gasteiger partial charge in [-0.1, -0.05) is 0 Å². The molecule has 0 aromatic carbocycles. The first kappa shape index (κ1) is 11.0. The highest BCUT2D eigenvalue weighted by molar-refractivity contribution is 7.09. The summed E-state index contributed by atoms with van der Waals surface area (Å²) in [6, 6.07) is 0. The van der Waals surface area contributed by atoms with Crippen LogP contribution in [0.2, 0.25) is 0 Å². The van der Waals surface area contributed by atoms with E-state index >= 15 is 0 Å². The maximum absolute atomic E-state index is 9.99. The Balaban J connectivity index is 1.77. The molecule has 1 saturated heterocycles. The second-order valence-electron chi connectivity index (χ2n) is 3.99. The fourth-order valence-corrected chi connectivity index (χ4v) is 2.39. The summed E-state index contributed by atoms with van der Waals surface area (Å²) in [5, 5.41) is 13.2. The topological polar surface area (TPSA) is 54.4 Å². The minimum Gasteiger partial charge on any atom is -0.386 e. The summed E-state index contributed by atoms with van der Waals surface area (Å²) in [5.41, 5.74) is 2.25. The fraction of sp³-hybridized carbons (Fsp3) is 0.700. The molecule has 15 heavy (non-hydrogen) atoms. The van der Waals surface area contributed by atoms with Crippen LogP contribution < -0.4 is 5.32 Å². The van der Waals surface area contributed by atoms with E-state index in [0.29, 0.717) is 19.8 Å². The number of hydrogen-bond acceptors (Lipinski definition) is 5. The third-order valence-corrected chi connectivity index (χ3v) is 3.60. The van der Waals surface area contributed by atoms with Crippen molar-refractivity contribution in [3.63, 3.8) is 0 Å². The molecule has 1 aliphatic heterocycles. The lowest BCUT2D eigenvalue weighted by Gasteiger charge is -2.20. The smallest absolute Gasteiger partial charge is 0.103 e. The fourth-order valence-electron chi connectivity index (χ4n) is 1.64. The van der Waals surface area contributed by atoms with Crippen LogP contribution in [0.3, 0.4) is 0 Å². The third-order valence-electron chi connectivity index (χ3n) is 2.67. The monoisotopic (exact) mass is 228 g/mol. The van der Waals surface area contributed by atoms with Crippen molar-refractivity contribution in [2.24, 2.45) is 0 Å². The molecule has 1 aromatic heterocycles. The highest BCUT2D eigenvalue weighted by Crippen LogP contribution is 2.17. The first-order chi connectivity index (χ1) is 7.20. The van der Waals surface area contributed by atoms with Crippen LogP contribution in [0.5, 0.6) is 0 Å². The first-order valence-electron chi connectivity index (χ1n) is 5.09. The van der Waals surface area contributed by atoms with E-state index in [1.165, 1.54) is 4.88 Å². The van der Waals surface area contributed by atoms with Crippen molar-refractivity contribution in [2.75, 3.05) is 19.8 Å². The predicted octanol–water partition coefficient (Wildman–Crippen LogP) is 0.693. The Morgan fingerprint density at radius 3 is 3.20 bits per heavy atom. The molecule has 0 aliphatic carbocycles. The summed E-state index contributed by atoms with van der Waals surface area (Å²) >= 11 is 1.64. The number of nitrogens with zero attached hydrogens (tertiary/aromatic N) is 1. The van der Waals surface area contributed by atoms with Gasteiger partial charge >= 0.3 is 0 Å². The number of aliphatic hydroxyl groups is 1. The van der Waals surface area contributed by atoms with Crippen LogP contribution in [0.25, 0.3) is 0 Å². The number of rotatable bonds is 4. The van der Waals surface area contributed by atoms with Crippen molar-refractivity contribution >= 4 is 11.3 Å². The van der Waals surface area contributed by atoms with E-state index in [1.807, 2.05) is 12.4 Å². The second kappa shape index (κ2) is 4.57. The van der Waals surface area contributed by atoms with Crippen LogP contribution in [0, 0.1) is 6.92 Å². The zero-order valence-electron chi connectivity index (χ0n) is 8.82. The SMILES string of the molecule is Cc1ncsc1CNCC1(O)CCOC1. The van der Waals surface area contributed by atoms with Crippen molar-refractivity contribution < 1.29 is 9.84 Å². The minimum absolute atomic E-state index is 0.446. The Morgan fingerprint density at radius 2 is 2.60 bits per heavy atom. The summed E-state index contributed by atoms with van der Waals surface area (Å²) in [5.74, 6) is 0. The van der Waals surface area contributed by atoms with Crippen molar-refractivity contribution in [1.29, 1.82) is 0 Å². The molecule has 1 fully saturated rings. The van der Waals surface area contributed by atoms with Crippen molar-refractivity contribution in [2.45, 2.75) is 25.5 Å². The van der Waals surface area contributed by atoms with Gasteiger partial charge in [0, 0.05) is 31.0 Å². The van der Waals surface area contributed by atoms with E-state index in [9.17, 15) is 5.11 Å². The molecular weight excluding hydrogens is 212 g/mol. The number of nitrogens with one attached hydrogen (secondary N) is 1. The average molecular weight is 228 g/mol. The molecule has 0 saturated carbocycles. The Hall–Kier alpha value is -0.490. The van der Waals surface area contributed by atoms with Crippen molar-refractivity contribution in [1.82, 2.24) is 10.3 Å². The van der Waals surface area contributed by atoms with Gasteiger partial charge in [0.2, 0.25) is 0 Å². The lowest BCUT2D eigenvalue weighted by molar-refractivity contribution is 0.0269. The summed E-state index contributed by atoms with van der Waals surface area (Å²) in [7, 11) is 0. The van der Waals surface area contributed by atoms with Crippen LogP contribution in [0.15, 0.2) is 5.51 Å². The number of aryl methyl sites for hydroxylation is 1. The van der Waals surface area contributed by atoms with Crippen LogP contribution in [-0.2, 0) is 11.3 Å². The van der Waals surface area contributed by atoms with Crippen LogP contribution in [-0.4, -0.2) is 35.5 Å². The molecular formula is C10H16N2O2S. The van der Waals surface area contributed by atoms with Crippen LogP contribution in [0.1, 0.15) is 17.0 Å². The Kier molecular flexibility index (Phi) is 3.35. The number of ether oxygens (including phenoxy) is 1. The first-order valence-corrected chi connectivity index (χ1v) is 5.97. The van der Waals surface area contributed by atoms with Gasteiger partial charge in [-0.3, -0.25) is 0 Å². The standard InChI is InChI=1S/C10H16N2O2S/c1-8-9(15-7-12-8)4-11-5-10(13)2-3-14-6-10/h7,11,13H,2-6H2,1H3. The summed E-state index contributed by atoms with van der Waals surface area (Å²) in [6.45, 7) is 4.48. The normalized spacial score (nSPS) is 26.0. The number of aromatic nitrogens is 1. The van der Waals surface area contributed by atoms with Crippen LogP contribution in [0.4, 0.5) is 0 Å². The molecule has 1 aromatic rings. The Bertz CT molecular complexity index is 321. The Labute approximate surface area is 93.3 Å². The van der Waals surface area contributed by atoms with E-state index in [0.717, 1.165) is 18.7 Å². The molecule has 0 bridgehead atoms. The molecule has 0 spiro atoms. The van der Waals surface area contributed by atoms with E-state index < -0.39 is 5.60 Å². The summed E-state index contributed by atoms with van der Waals surface area (Å²) in [4.78, 5) is 5.41. The molecule has 84 valence electrons. The largest absolute Gasteiger partial charge is 0.386 e. The molecule has 2 heterocycles. The van der Waals surface area contributed by atoms with Gasteiger partial charge < -0.3 is 15.2 Å². The average Bonchev–Trinajstić information content (AvgIpc) is 2.78. The van der Waals surface area contributed by atoms with Gasteiger partial charge in [-0.05, 0) is 6.92 Å². The molecule has 0 amide bonds. The van der Waals surface area contributed by atoms with Gasteiger partial charge in [0.15, 0.2) is 0 Å². The molecule has 5 heteroatoms. The maximum Gasteiger partial charge on any atom is 0.103 e. The Morgan fingerprint density at radius 1 is 1.73 bits per heavy atom. The molecule has 1 unspecified atom stereocenters. The van der Waals surface area contributed by atoms with E-state index in [4.69, 9.17) is 4.74 Å². The van der Waals surface area contributed by atoms with Gasteiger partial charge in [-0.25, -0.2) is 4.98 Å². The van der Waals surface area contributed by atoms with E-state index in [1.54, 1.807) is 11.3 Å². The minimum atomic E-state index is -0.668. The molecule has 0 radical (unpaired) electrons. The van der Waals surface area contributed by atoms with E-state index in [2.05, 4.69) is 10.3 Å². The number of hydrogen-bond donors (Lipinski definition) is 2. The van der Waals surface area contributed by atoms with Gasteiger partial charge in [-0.15, -0.1) is 11.3 Å². The third kappa shape index (κ3) is 2.75. The highest BCUT2D eigenvalue weighted by atomic mass is 32.1. The molecule has 1 aliphatic rings. The number of thiazole rings is 1. The second-order valence-corrected chi connectivity index (χ2v) is 4.93. The molecule has 1 atom stereocenters. The van der Waals surface area contributed by atoms with Crippen molar-refractivity contribution in [3.05, 3.63) is 16.1 Å². The zero-order valence-corrected chi connectivity index (χ0v) is 9.64. The van der Waals surface area contributed by atoms with Crippen molar-refractivity contribution in [3.8, 4) is 0 Å².